The van der Waals surface area contributed by atoms with Crippen LogP contribution >= 0.6 is 39.3 Å². The van der Waals surface area contributed by atoms with Gasteiger partial charge in [0.05, 0.1) is 12.5 Å². The van der Waals surface area contributed by atoms with E-state index in [0.717, 1.165) is 37.0 Å². The normalized spacial score (nSPS) is 20.5. The molecule has 0 radical (unpaired) electrons. The van der Waals surface area contributed by atoms with Gasteiger partial charge in [0.1, 0.15) is 4.75 Å². The largest absolute Gasteiger partial charge is 0.361 e. The number of hydrogen-bond acceptors (Lipinski definition) is 4. The Morgan fingerprint density at radius 1 is 0.978 bits per heavy atom. The highest BCUT2D eigenvalue weighted by molar-refractivity contribution is 9.10. The van der Waals surface area contributed by atoms with E-state index in [-0.39, 0.29) is 24.1 Å². The van der Waals surface area contributed by atoms with Crippen molar-refractivity contribution in [3.63, 3.8) is 0 Å². The van der Waals surface area contributed by atoms with Gasteiger partial charge in [-0.3, -0.25) is 14.4 Å². The third-order valence-corrected chi connectivity index (χ3v) is 11.1. The first-order valence-electron chi connectivity index (χ1n) is 15.5. The summed E-state index contributed by atoms with van der Waals surface area (Å²) in [5, 5.41) is 1.53. The molecule has 46 heavy (non-hydrogen) atoms. The Hall–Kier alpha value is -3.27. The number of H-pyrrole nitrogens is 1. The fourth-order valence-corrected chi connectivity index (χ4v) is 8.46. The summed E-state index contributed by atoms with van der Waals surface area (Å²) in [7, 11) is 0. The van der Waals surface area contributed by atoms with Crippen molar-refractivity contribution in [3.05, 3.63) is 99.1 Å². The first-order chi connectivity index (χ1) is 21.9. The lowest BCUT2D eigenvalue weighted by Gasteiger charge is -2.43. The molecule has 2 aliphatic heterocycles. The van der Waals surface area contributed by atoms with Crippen molar-refractivity contribution in [1.29, 1.82) is 0 Å². The monoisotopic (exact) mass is 720 g/mol. The molecule has 0 saturated carbocycles. The van der Waals surface area contributed by atoms with Crippen LogP contribution < -0.4 is 0 Å². The number of halogens is 2. The summed E-state index contributed by atoms with van der Waals surface area (Å²) in [4.78, 5) is 52.4. The minimum Gasteiger partial charge on any atom is -0.361 e. The van der Waals surface area contributed by atoms with Crippen molar-refractivity contribution in [2.75, 3.05) is 26.2 Å². The van der Waals surface area contributed by atoms with Crippen LogP contribution in [0.15, 0.2) is 82.3 Å². The molecule has 7 nitrogen and oxygen atoms in total. The maximum atomic E-state index is 15.1. The molecular weight excluding hydrogens is 684 g/mol. The van der Waals surface area contributed by atoms with E-state index < -0.39 is 16.2 Å². The predicted octanol–water partition coefficient (Wildman–Crippen LogP) is 7.61. The van der Waals surface area contributed by atoms with Crippen molar-refractivity contribution < 1.29 is 14.4 Å². The first-order valence-corrected chi connectivity index (χ1v) is 17.5. The minimum atomic E-state index is -1.16. The smallest absolute Gasteiger partial charge is 0.242 e. The fourth-order valence-electron chi connectivity index (χ4n) is 6.55. The maximum Gasteiger partial charge on any atom is 0.242 e. The molecular formula is C36H38BrClN4O3S. The van der Waals surface area contributed by atoms with Gasteiger partial charge in [-0.05, 0) is 48.9 Å². The standard InChI is InChI=1S/C36H38BrClN4O3S/c1-23-5-12-27(13-6-23)46-36(34(45)41-17-15-40(16-18-41)33(44)35(2,3)4)20-31(43)42(22-24-7-9-25(37)10-8-24)32(36)29-21-39-30-19-26(38)11-14-28(29)30/h5-14,19,21,32,39H,15-18,20,22H2,1-4H3/t32-,36-/m0/s1. The van der Waals surface area contributed by atoms with E-state index in [9.17, 15) is 9.59 Å². The highest BCUT2D eigenvalue weighted by atomic mass is 79.9. The zero-order chi connectivity index (χ0) is 32.8. The van der Waals surface area contributed by atoms with Crippen LogP contribution in [0.25, 0.3) is 10.9 Å². The Bertz CT molecular complexity index is 1780. The van der Waals surface area contributed by atoms with Crippen molar-refractivity contribution in [2.45, 2.75) is 56.3 Å². The number of thioether (sulfide) groups is 1. The second-order valence-electron chi connectivity index (χ2n) is 13.3. The number of benzene rings is 3. The number of aromatic amines is 1. The van der Waals surface area contributed by atoms with Gasteiger partial charge < -0.3 is 19.7 Å². The molecule has 1 aromatic heterocycles. The number of fused-ring (bicyclic) bond motifs is 1. The topological polar surface area (TPSA) is 76.7 Å². The molecule has 2 aliphatic rings. The highest BCUT2D eigenvalue weighted by Gasteiger charge is 2.60. The van der Waals surface area contributed by atoms with E-state index in [1.54, 1.807) is 0 Å². The Balaban J connectivity index is 1.46. The molecule has 3 aromatic carbocycles. The summed E-state index contributed by atoms with van der Waals surface area (Å²) < 4.78 is -0.204. The third kappa shape index (κ3) is 6.34. The molecule has 1 N–H and O–H groups in total. The summed E-state index contributed by atoms with van der Waals surface area (Å²) in [6.45, 7) is 9.89. The molecule has 2 atom stereocenters. The second-order valence-corrected chi connectivity index (χ2v) is 16.1. The average Bonchev–Trinajstić information content (AvgIpc) is 3.55. The number of hydrogen-bond donors (Lipinski definition) is 1. The van der Waals surface area contributed by atoms with Crippen molar-refractivity contribution >= 4 is 67.9 Å². The molecule has 3 amide bonds. The molecule has 2 fully saturated rings. The Morgan fingerprint density at radius 2 is 1.63 bits per heavy atom. The van der Waals surface area contributed by atoms with Gasteiger partial charge in [0, 0.05) is 75.2 Å². The zero-order valence-electron chi connectivity index (χ0n) is 26.5. The number of carbonyl (C=O) groups excluding carboxylic acids is 3. The summed E-state index contributed by atoms with van der Waals surface area (Å²) in [6, 6.07) is 21.2. The predicted molar refractivity (Wildman–Crippen MR) is 188 cm³/mol. The highest BCUT2D eigenvalue weighted by Crippen LogP contribution is 2.55. The number of aryl methyl sites for hydroxylation is 1. The van der Waals surface area contributed by atoms with E-state index in [2.05, 4.69) is 20.9 Å². The molecule has 2 saturated heterocycles. The Morgan fingerprint density at radius 3 is 2.28 bits per heavy atom. The number of nitrogens with one attached hydrogen (secondary N) is 1. The number of carbonyl (C=O) groups is 3. The van der Waals surface area contributed by atoms with E-state index in [1.807, 2.05) is 115 Å². The van der Waals surface area contributed by atoms with E-state index in [4.69, 9.17) is 11.6 Å². The average molecular weight is 722 g/mol. The van der Waals surface area contributed by atoms with Crippen LogP contribution in [0, 0.1) is 12.3 Å². The van der Waals surface area contributed by atoms with E-state index in [1.165, 1.54) is 11.8 Å². The number of rotatable bonds is 6. The fraction of sp³-hybridized carbons (Fsp3) is 0.361. The number of piperazine rings is 1. The molecule has 240 valence electrons. The quantitative estimate of drug-likeness (QED) is 0.223. The Kier molecular flexibility index (Phi) is 9.04. The molecule has 0 unspecified atom stereocenters. The maximum absolute atomic E-state index is 15.1. The number of amides is 3. The van der Waals surface area contributed by atoms with Crippen LogP contribution in [-0.2, 0) is 20.9 Å². The first kappa shape index (κ1) is 32.7. The summed E-state index contributed by atoms with van der Waals surface area (Å²) in [6.07, 6.45) is 1.98. The van der Waals surface area contributed by atoms with Gasteiger partial charge in [-0.25, -0.2) is 0 Å². The van der Waals surface area contributed by atoms with Crippen molar-refractivity contribution in [1.82, 2.24) is 19.7 Å². The number of nitrogens with zero attached hydrogens (tertiary/aromatic N) is 3. The van der Waals surface area contributed by atoms with Crippen molar-refractivity contribution in [3.8, 4) is 0 Å². The lowest BCUT2D eigenvalue weighted by Crippen LogP contribution is -2.58. The molecule has 0 aliphatic carbocycles. The molecule has 3 heterocycles. The van der Waals surface area contributed by atoms with Gasteiger partial charge in [0.25, 0.3) is 0 Å². The summed E-state index contributed by atoms with van der Waals surface area (Å²) in [5.74, 6) is -0.0815. The summed E-state index contributed by atoms with van der Waals surface area (Å²) >= 11 is 11.4. The van der Waals surface area contributed by atoms with Gasteiger partial charge in [0.2, 0.25) is 17.7 Å². The lowest BCUT2D eigenvalue weighted by molar-refractivity contribution is -0.146. The van der Waals surface area contributed by atoms with Crippen LogP contribution in [0.5, 0.6) is 0 Å². The number of aromatic nitrogens is 1. The molecule has 0 bridgehead atoms. The van der Waals surface area contributed by atoms with Crippen LogP contribution in [-0.4, -0.2) is 68.3 Å². The minimum absolute atomic E-state index is 0.0486. The van der Waals surface area contributed by atoms with Gasteiger partial charge in [-0.2, -0.15) is 0 Å². The Labute approximate surface area is 287 Å². The third-order valence-electron chi connectivity index (χ3n) is 8.90. The van der Waals surface area contributed by atoms with Crippen molar-refractivity contribution in [2.24, 2.45) is 5.41 Å². The van der Waals surface area contributed by atoms with Gasteiger partial charge in [0.15, 0.2) is 0 Å². The van der Waals surface area contributed by atoms with E-state index >= 15 is 4.79 Å². The van der Waals surface area contributed by atoms with Crippen LogP contribution in [0.4, 0.5) is 0 Å². The van der Waals surface area contributed by atoms with Crippen LogP contribution in [0.1, 0.15) is 49.9 Å². The molecule has 10 heteroatoms. The lowest BCUT2D eigenvalue weighted by atomic mass is 9.90. The zero-order valence-corrected chi connectivity index (χ0v) is 29.6. The van der Waals surface area contributed by atoms with E-state index in [0.29, 0.717) is 37.7 Å². The SMILES string of the molecule is Cc1ccc(S[C@@]2(C(=O)N3CCN(C(=O)C(C)(C)C)CC3)CC(=O)N(Cc3ccc(Br)cc3)[C@H]2c2c[nH]c3cc(Cl)ccc23)cc1. The second kappa shape index (κ2) is 12.7. The number of likely N-dealkylation sites (tertiary alicyclic amines) is 1. The van der Waals surface area contributed by atoms with Crippen LogP contribution in [0.2, 0.25) is 5.02 Å². The van der Waals surface area contributed by atoms with Gasteiger partial charge in [-0.15, -0.1) is 11.8 Å². The van der Waals surface area contributed by atoms with Gasteiger partial charge >= 0.3 is 0 Å². The molecule has 4 aromatic rings. The van der Waals surface area contributed by atoms with Crippen LogP contribution in [0.3, 0.4) is 0 Å². The van der Waals surface area contributed by atoms with Gasteiger partial charge in [-0.1, -0.05) is 84.2 Å². The molecule has 6 rings (SSSR count). The summed E-state index contributed by atoms with van der Waals surface area (Å²) in [5.41, 5.74) is 3.32. The molecule has 0 spiro atoms.